The van der Waals surface area contributed by atoms with E-state index in [4.69, 9.17) is 0 Å². The third-order valence-electron chi connectivity index (χ3n) is 2.78. The number of rotatable bonds is 0. The summed E-state index contributed by atoms with van der Waals surface area (Å²) in [5.74, 6) is 0. The Morgan fingerprint density at radius 3 is 1.00 bits per heavy atom. The van der Waals surface area contributed by atoms with Crippen LogP contribution in [0, 0.1) is 10.8 Å². The first-order valence-corrected chi connectivity index (χ1v) is 2.37. The first-order chi connectivity index (χ1) is 2.37. The van der Waals surface area contributed by atoms with Crippen LogP contribution in [0.3, 0.4) is 0 Å². The third-order valence-corrected chi connectivity index (χ3v) is 2.78. The minimum Gasteiger partial charge on any atom is -0.0407 e. The Morgan fingerprint density at radius 1 is 0.800 bits per heavy atom. The maximum atomic E-state index is 1.62. The molecule has 0 radical (unpaired) electrons. The zero-order valence-corrected chi connectivity index (χ0v) is 3.12. The molecule has 5 heavy (non-hydrogen) atoms. The molecule has 0 spiro atoms. The van der Waals surface area contributed by atoms with Crippen molar-refractivity contribution in [2.45, 2.75) is 19.3 Å². The van der Waals surface area contributed by atoms with Crippen LogP contribution in [0.5, 0.6) is 0 Å². The first-order valence-electron chi connectivity index (χ1n) is 2.37. The van der Waals surface area contributed by atoms with E-state index in [0.29, 0.717) is 0 Å². The second-order valence-corrected chi connectivity index (χ2v) is 3.09. The van der Waals surface area contributed by atoms with Gasteiger partial charge in [0.2, 0.25) is 0 Å². The highest BCUT2D eigenvalue weighted by molar-refractivity contribution is 5.46. The molecule has 0 amide bonds. The van der Waals surface area contributed by atoms with Gasteiger partial charge in [-0.05, 0) is 30.1 Å². The van der Waals surface area contributed by atoms with Gasteiger partial charge in [-0.2, -0.15) is 0 Å². The summed E-state index contributed by atoms with van der Waals surface area (Å²) < 4.78 is 0. The normalized spacial score (nSPS) is 91.2. The highest BCUT2D eigenvalue weighted by Gasteiger charge is 2.97. The van der Waals surface area contributed by atoms with Crippen LogP contribution >= 0.6 is 0 Å². The standard InChI is InChI=1S/C5H6/c1-4-2-5(1,4)3-4/h1-3H2. The minimum atomic E-state index is 1.06. The molecule has 0 heterocycles. The molecule has 0 unspecified atom stereocenters. The van der Waals surface area contributed by atoms with Gasteiger partial charge in [0.1, 0.15) is 0 Å². The molecule has 3 rings (SSSR count). The Balaban J connectivity index is 2.58. The van der Waals surface area contributed by atoms with Gasteiger partial charge in [0.15, 0.2) is 0 Å². The molecule has 0 aromatic heterocycles. The molecule has 0 nitrogen and oxygen atoms in total. The van der Waals surface area contributed by atoms with E-state index >= 15 is 0 Å². The van der Waals surface area contributed by atoms with E-state index in [0.717, 1.165) is 10.8 Å². The Labute approximate surface area is 31.2 Å². The summed E-state index contributed by atoms with van der Waals surface area (Å²) in [5, 5.41) is 0. The lowest BCUT2D eigenvalue weighted by atomic mass is 10.0. The first kappa shape index (κ1) is 1.63. The van der Waals surface area contributed by atoms with Crippen LogP contribution in [0.25, 0.3) is 0 Å². The van der Waals surface area contributed by atoms with E-state index in [2.05, 4.69) is 0 Å². The monoisotopic (exact) mass is 66.0 g/mol. The van der Waals surface area contributed by atoms with Crippen molar-refractivity contribution >= 4 is 0 Å². The van der Waals surface area contributed by atoms with Gasteiger partial charge in [-0.3, -0.25) is 0 Å². The molecule has 0 aromatic carbocycles. The van der Waals surface area contributed by atoms with E-state index in [1.54, 1.807) is 19.3 Å². The molecule has 0 heteroatoms. The van der Waals surface area contributed by atoms with Gasteiger partial charge in [-0.25, -0.2) is 0 Å². The fourth-order valence-electron chi connectivity index (χ4n) is 1.66. The molecule has 3 fully saturated rings. The van der Waals surface area contributed by atoms with Crippen molar-refractivity contribution in [1.29, 1.82) is 0 Å². The Hall–Kier alpha value is 0. The van der Waals surface area contributed by atoms with Crippen LogP contribution in [-0.4, -0.2) is 0 Å². The molecule has 0 N–H and O–H groups in total. The van der Waals surface area contributed by atoms with Crippen LogP contribution in [0.15, 0.2) is 0 Å². The van der Waals surface area contributed by atoms with Crippen molar-refractivity contribution in [3.63, 3.8) is 0 Å². The lowest BCUT2D eigenvalue weighted by molar-refractivity contribution is 0.476. The lowest BCUT2D eigenvalue weighted by Crippen LogP contribution is -1.91. The van der Waals surface area contributed by atoms with Gasteiger partial charge in [0.25, 0.3) is 0 Å². The minimum absolute atomic E-state index is 1.06. The van der Waals surface area contributed by atoms with Gasteiger partial charge < -0.3 is 0 Å². The highest BCUT2D eigenvalue weighted by Crippen LogP contribution is 3.06. The smallest absolute Gasteiger partial charge is 0.0224 e. The molecule has 26 valence electrons. The summed E-state index contributed by atoms with van der Waals surface area (Å²) >= 11 is 0. The van der Waals surface area contributed by atoms with Crippen molar-refractivity contribution in [1.82, 2.24) is 0 Å². The van der Waals surface area contributed by atoms with Crippen LogP contribution in [0.4, 0.5) is 0 Å². The second kappa shape index (κ2) is 0.160. The molecular weight excluding hydrogens is 60.1 g/mol. The largest absolute Gasteiger partial charge is 0.0407 e. The average Bonchev–Trinajstić information content (AvgIpc) is 1.30. The van der Waals surface area contributed by atoms with Crippen molar-refractivity contribution in [2.75, 3.05) is 0 Å². The molecule has 0 saturated heterocycles. The van der Waals surface area contributed by atoms with E-state index in [-0.39, 0.29) is 0 Å². The van der Waals surface area contributed by atoms with Crippen molar-refractivity contribution in [3.05, 3.63) is 0 Å². The molecule has 0 aromatic rings. The van der Waals surface area contributed by atoms with Crippen LogP contribution in [0.2, 0.25) is 0 Å². The zero-order valence-electron chi connectivity index (χ0n) is 3.12. The average molecular weight is 66.1 g/mol. The lowest BCUT2D eigenvalue weighted by Gasteiger charge is -2.03. The summed E-state index contributed by atoms with van der Waals surface area (Å²) in [6, 6.07) is 0. The van der Waals surface area contributed by atoms with E-state index in [1.807, 2.05) is 0 Å². The fourth-order valence-corrected chi connectivity index (χ4v) is 1.66. The summed E-state index contributed by atoms with van der Waals surface area (Å²) in [5.41, 5.74) is 2.12. The summed E-state index contributed by atoms with van der Waals surface area (Å²) in [6.45, 7) is 0. The third kappa shape index (κ3) is 0.0363. The van der Waals surface area contributed by atoms with Crippen molar-refractivity contribution < 1.29 is 0 Å². The maximum Gasteiger partial charge on any atom is -0.0224 e. The molecule has 3 aliphatic carbocycles. The topological polar surface area (TPSA) is 0 Å². The van der Waals surface area contributed by atoms with Crippen LogP contribution in [-0.2, 0) is 0 Å². The second-order valence-electron chi connectivity index (χ2n) is 3.09. The Morgan fingerprint density at radius 2 is 1.00 bits per heavy atom. The molecule has 0 atom stereocenters. The van der Waals surface area contributed by atoms with Crippen molar-refractivity contribution in [2.24, 2.45) is 10.8 Å². The molecule has 0 bridgehead atoms. The zero-order chi connectivity index (χ0) is 3.12. The molecule has 3 saturated carbocycles. The van der Waals surface area contributed by atoms with Gasteiger partial charge in [-0.15, -0.1) is 0 Å². The number of hydrogen-bond donors (Lipinski definition) is 0. The predicted molar refractivity (Wildman–Crippen MR) is 18.7 cm³/mol. The molecular formula is C5H6. The van der Waals surface area contributed by atoms with E-state index in [1.165, 1.54) is 0 Å². The van der Waals surface area contributed by atoms with Gasteiger partial charge in [-0.1, -0.05) is 0 Å². The van der Waals surface area contributed by atoms with Gasteiger partial charge >= 0.3 is 0 Å². The maximum absolute atomic E-state index is 1.62. The predicted octanol–water partition coefficient (Wildman–Crippen LogP) is 1.17. The SMILES string of the molecule is C1C23CC12C3. The number of hydrogen-bond acceptors (Lipinski definition) is 0. The molecule has 0 aliphatic heterocycles. The highest BCUT2D eigenvalue weighted by atomic mass is 15.0. The van der Waals surface area contributed by atoms with E-state index in [9.17, 15) is 0 Å². The van der Waals surface area contributed by atoms with E-state index < -0.39 is 0 Å². The fraction of sp³-hybridized carbons (Fsp3) is 1.00. The van der Waals surface area contributed by atoms with Crippen molar-refractivity contribution in [3.8, 4) is 0 Å². The van der Waals surface area contributed by atoms with Crippen LogP contribution in [0.1, 0.15) is 19.3 Å². The quantitative estimate of drug-likeness (QED) is 0.398. The van der Waals surface area contributed by atoms with Gasteiger partial charge in [0.05, 0.1) is 0 Å². The summed E-state index contributed by atoms with van der Waals surface area (Å²) in [6.07, 6.45) is 4.88. The summed E-state index contributed by atoms with van der Waals surface area (Å²) in [7, 11) is 0. The van der Waals surface area contributed by atoms with Gasteiger partial charge in [0, 0.05) is 0 Å². The Kier molecular flexibility index (Phi) is 0.0522. The van der Waals surface area contributed by atoms with Crippen LogP contribution < -0.4 is 0 Å². The Bertz CT molecular complexity index is 81.4. The summed E-state index contributed by atoms with van der Waals surface area (Å²) in [4.78, 5) is 0. The molecule has 3 aliphatic rings.